The quantitative estimate of drug-likeness (QED) is 0.518. The fourth-order valence-corrected chi connectivity index (χ4v) is 0.246. The number of carboxylic acids is 1. The molecule has 4 nitrogen and oxygen atoms in total. The molecule has 0 saturated carbocycles. The van der Waals surface area contributed by atoms with Crippen molar-refractivity contribution in [1.82, 2.24) is 5.32 Å². The standard InChI is InChI=1S/C5H9NO3/c1-4(9-2)6-3-5(7)8/h6H,1,3H2,2H3,(H,7,8). The molecule has 9 heavy (non-hydrogen) atoms. The van der Waals surface area contributed by atoms with E-state index in [0.29, 0.717) is 0 Å². The van der Waals surface area contributed by atoms with E-state index in [4.69, 9.17) is 5.11 Å². The zero-order valence-electron chi connectivity index (χ0n) is 5.18. The maximum Gasteiger partial charge on any atom is 0.322 e. The zero-order valence-corrected chi connectivity index (χ0v) is 5.18. The second-order valence-electron chi connectivity index (χ2n) is 1.37. The summed E-state index contributed by atoms with van der Waals surface area (Å²) in [6.07, 6.45) is 0. The van der Waals surface area contributed by atoms with Crippen molar-refractivity contribution < 1.29 is 14.6 Å². The zero-order chi connectivity index (χ0) is 7.28. The maximum absolute atomic E-state index is 9.86. The molecule has 2 N–H and O–H groups in total. The number of carbonyl (C=O) groups is 1. The van der Waals surface area contributed by atoms with Gasteiger partial charge in [-0.25, -0.2) is 0 Å². The second kappa shape index (κ2) is 3.77. The highest BCUT2D eigenvalue weighted by atomic mass is 16.5. The Labute approximate surface area is 53.1 Å². The number of carboxylic acid groups (broad SMARTS) is 1. The first-order valence-electron chi connectivity index (χ1n) is 2.35. The number of ether oxygens (including phenoxy) is 1. The van der Waals surface area contributed by atoms with Crippen LogP contribution in [-0.2, 0) is 9.53 Å². The Bertz CT molecular complexity index is 121. The lowest BCUT2D eigenvalue weighted by molar-refractivity contribution is -0.136. The topological polar surface area (TPSA) is 58.6 Å². The third-order valence-corrected chi connectivity index (χ3v) is 0.683. The number of hydrogen-bond donors (Lipinski definition) is 2. The molecule has 0 aromatic rings. The molecule has 4 heteroatoms. The molecule has 0 aliphatic rings. The Morgan fingerprint density at radius 2 is 2.44 bits per heavy atom. The van der Waals surface area contributed by atoms with E-state index in [-0.39, 0.29) is 12.4 Å². The van der Waals surface area contributed by atoms with Gasteiger partial charge < -0.3 is 15.2 Å². The number of nitrogens with one attached hydrogen (secondary N) is 1. The fraction of sp³-hybridized carbons (Fsp3) is 0.400. The highest BCUT2D eigenvalue weighted by Crippen LogP contribution is 1.79. The van der Waals surface area contributed by atoms with Crippen molar-refractivity contribution in [1.29, 1.82) is 0 Å². The van der Waals surface area contributed by atoms with Crippen LogP contribution in [0.1, 0.15) is 0 Å². The highest BCUT2D eigenvalue weighted by Gasteiger charge is 1.94. The molecule has 0 atom stereocenters. The first-order chi connectivity index (χ1) is 4.16. The Morgan fingerprint density at radius 3 is 2.78 bits per heavy atom. The number of methoxy groups -OCH3 is 1. The Hall–Kier alpha value is -1.19. The summed E-state index contributed by atoms with van der Waals surface area (Å²) >= 11 is 0. The van der Waals surface area contributed by atoms with E-state index >= 15 is 0 Å². The van der Waals surface area contributed by atoms with Gasteiger partial charge in [0.1, 0.15) is 6.54 Å². The van der Waals surface area contributed by atoms with E-state index in [2.05, 4.69) is 16.6 Å². The van der Waals surface area contributed by atoms with Gasteiger partial charge in [0.25, 0.3) is 0 Å². The smallest absolute Gasteiger partial charge is 0.322 e. The highest BCUT2D eigenvalue weighted by molar-refractivity contribution is 5.69. The molecule has 0 rings (SSSR count). The summed E-state index contributed by atoms with van der Waals surface area (Å²) in [5.41, 5.74) is 0. The summed E-state index contributed by atoms with van der Waals surface area (Å²) in [5, 5.41) is 10.5. The summed E-state index contributed by atoms with van der Waals surface area (Å²) in [4.78, 5) is 9.86. The van der Waals surface area contributed by atoms with E-state index in [1.165, 1.54) is 7.11 Å². The van der Waals surface area contributed by atoms with Crippen LogP contribution >= 0.6 is 0 Å². The van der Waals surface area contributed by atoms with Crippen LogP contribution in [0, 0.1) is 0 Å². The van der Waals surface area contributed by atoms with Gasteiger partial charge >= 0.3 is 5.97 Å². The number of rotatable bonds is 4. The van der Waals surface area contributed by atoms with Crippen molar-refractivity contribution in [2.24, 2.45) is 0 Å². The van der Waals surface area contributed by atoms with Crippen LogP contribution in [0.5, 0.6) is 0 Å². The molecule has 0 amide bonds. The molecule has 52 valence electrons. The summed E-state index contributed by atoms with van der Waals surface area (Å²) in [7, 11) is 1.41. The first kappa shape index (κ1) is 7.81. The van der Waals surface area contributed by atoms with E-state index in [1.54, 1.807) is 0 Å². The van der Waals surface area contributed by atoms with Crippen LogP contribution in [0.15, 0.2) is 12.5 Å². The largest absolute Gasteiger partial charge is 0.483 e. The predicted octanol–water partition coefficient (Wildman–Crippen LogP) is -0.222. The summed E-state index contributed by atoms with van der Waals surface area (Å²) in [5.74, 6) is -0.675. The van der Waals surface area contributed by atoms with Crippen LogP contribution in [0.4, 0.5) is 0 Å². The van der Waals surface area contributed by atoms with E-state index in [0.717, 1.165) is 0 Å². The van der Waals surface area contributed by atoms with Gasteiger partial charge in [0, 0.05) is 0 Å². The van der Waals surface area contributed by atoms with E-state index in [9.17, 15) is 4.79 Å². The van der Waals surface area contributed by atoms with Crippen LogP contribution in [0.25, 0.3) is 0 Å². The summed E-state index contributed by atoms with van der Waals surface area (Å²) < 4.78 is 4.53. The average Bonchev–Trinajstić information content (AvgIpc) is 1.83. The molecular weight excluding hydrogens is 122 g/mol. The lowest BCUT2D eigenvalue weighted by atomic mass is 10.6. The maximum atomic E-state index is 9.86. The van der Waals surface area contributed by atoms with Gasteiger partial charge in [-0.05, 0) is 6.58 Å². The Kier molecular flexibility index (Phi) is 3.27. The molecule has 0 aliphatic heterocycles. The van der Waals surface area contributed by atoms with Crippen molar-refractivity contribution in [3.05, 3.63) is 12.5 Å². The van der Waals surface area contributed by atoms with Gasteiger partial charge in [-0.2, -0.15) is 0 Å². The SMILES string of the molecule is C=C(NCC(=O)O)OC. The van der Waals surface area contributed by atoms with Gasteiger partial charge in [0.05, 0.1) is 7.11 Å². The average molecular weight is 131 g/mol. The molecular formula is C5H9NO3. The molecule has 0 aliphatic carbocycles. The lowest BCUT2D eigenvalue weighted by Crippen LogP contribution is -2.21. The number of hydrogen-bond acceptors (Lipinski definition) is 3. The van der Waals surface area contributed by atoms with Crippen LogP contribution in [0.2, 0.25) is 0 Å². The van der Waals surface area contributed by atoms with Gasteiger partial charge in [0.15, 0.2) is 5.88 Å². The molecule has 0 unspecified atom stereocenters. The van der Waals surface area contributed by atoms with Crippen LogP contribution < -0.4 is 5.32 Å². The van der Waals surface area contributed by atoms with E-state index < -0.39 is 5.97 Å². The van der Waals surface area contributed by atoms with Crippen molar-refractivity contribution in [2.75, 3.05) is 13.7 Å². The third-order valence-electron chi connectivity index (χ3n) is 0.683. The molecule has 0 aromatic heterocycles. The Morgan fingerprint density at radius 1 is 1.89 bits per heavy atom. The van der Waals surface area contributed by atoms with Gasteiger partial charge in [-0.3, -0.25) is 4.79 Å². The number of aliphatic carboxylic acids is 1. The van der Waals surface area contributed by atoms with Gasteiger partial charge in [-0.15, -0.1) is 0 Å². The monoisotopic (exact) mass is 131 g/mol. The minimum Gasteiger partial charge on any atom is -0.483 e. The molecule has 0 saturated heterocycles. The molecule has 0 fully saturated rings. The molecule has 0 aromatic carbocycles. The third kappa shape index (κ3) is 4.67. The fourth-order valence-electron chi connectivity index (χ4n) is 0.246. The molecule has 0 bridgehead atoms. The molecule has 0 spiro atoms. The summed E-state index contributed by atoms with van der Waals surface area (Å²) in [6.45, 7) is 3.19. The van der Waals surface area contributed by atoms with Crippen molar-refractivity contribution >= 4 is 5.97 Å². The summed E-state index contributed by atoms with van der Waals surface area (Å²) in [6, 6.07) is 0. The van der Waals surface area contributed by atoms with Crippen molar-refractivity contribution in [3.8, 4) is 0 Å². The van der Waals surface area contributed by atoms with Gasteiger partial charge in [-0.1, -0.05) is 0 Å². The van der Waals surface area contributed by atoms with Gasteiger partial charge in [0.2, 0.25) is 0 Å². The normalized spacial score (nSPS) is 8.11. The Balaban J connectivity index is 3.28. The minimum absolute atomic E-state index is 0.160. The second-order valence-corrected chi connectivity index (χ2v) is 1.37. The van der Waals surface area contributed by atoms with Crippen molar-refractivity contribution in [3.63, 3.8) is 0 Å². The van der Waals surface area contributed by atoms with Crippen molar-refractivity contribution in [2.45, 2.75) is 0 Å². The first-order valence-corrected chi connectivity index (χ1v) is 2.35. The minimum atomic E-state index is -0.937. The lowest BCUT2D eigenvalue weighted by Gasteiger charge is -2.02. The van der Waals surface area contributed by atoms with Crippen LogP contribution in [0.3, 0.4) is 0 Å². The molecule has 0 heterocycles. The van der Waals surface area contributed by atoms with Crippen LogP contribution in [-0.4, -0.2) is 24.7 Å². The van der Waals surface area contributed by atoms with E-state index in [1.807, 2.05) is 0 Å². The predicted molar refractivity (Wildman–Crippen MR) is 31.8 cm³/mol. The molecule has 0 radical (unpaired) electrons.